The van der Waals surface area contributed by atoms with Crippen molar-refractivity contribution in [3.8, 4) is 0 Å². The lowest BCUT2D eigenvalue weighted by molar-refractivity contribution is 0.179. The fourth-order valence-electron chi connectivity index (χ4n) is 1.77. The smallest absolute Gasteiger partial charge is 0.0666 e. The Balaban J connectivity index is 1.98. The molecule has 1 aliphatic carbocycles. The second-order valence-electron chi connectivity index (χ2n) is 4.05. The van der Waals surface area contributed by atoms with Gasteiger partial charge >= 0.3 is 0 Å². The second kappa shape index (κ2) is 4.99. The topological polar surface area (TPSA) is 21.3 Å². The maximum absolute atomic E-state index is 5.23. The fourth-order valence-corrected chi connectivity index (χ4v) is 2.17. The molecule has 0 spiro atoms. The van der Waals surface area contributed by atoms with Crippen LogP contribution in [0.2, 0.25) is 0 Å². The summed E-state index contributed by atoms with van der Waals surface area (Å²) in [6, 6.07) is 8.74. The molecule has 0 radical (unpaired) electrons. The predicted octanol–water partition coefficient (Wildman–Crippen LogP) is 3.29. The molecule has 0 saturated heterocycles. The van der Waals surface area contributed by atoms with Crippen molar-refractivity contribution in [3.05, 3.63) is 28.7 Å². The zero-order valence-corrected chi connectivity index (χ0v) is 10.5. The first-order valence-corrected chi connectivity index (χ1v) is 6.10. The highest BCUT2D eigenvalue weighted by molar-refractivity contribution is 9.10. The Bertz CT molecular complexity index is 325. The van der Waals surface area contributed by atoms with Crippen molar-refractivity contribution >= 4 is 21.6 Å². The molecule has 2 rings (SSSR count). The minimum atomic E-state index is 0.462. The lowest BCUT2D eigenvalue weighted by Crippen LogP contribution is -2.27. The maximum Gasteiger partial charge on any atom is 0.0666 e. The van der Waals surface area contributed by atoms with Crippen molar-refractivity contribution in [1.29, 1.82) is 0 Å². The van der Waals surface area contributed by atoms with Crippen LogP contribution in [0, 0.1) is 5.92 Å². The van der Waals surface area contributed by atoms with E-state index in [2.05, 4.69) is 33.4 Å². The zero-order chi connectivity index (χ0) is 10.7. The molecule has 1 aromatic carbocycles. The third kappa shape index (κ3) is 3.21. The Hall–Kier alpha value is -0.540. The number of rotatable bonds is 5. The van der Waals surface area contributed by atoms with Crippen molar-refractivity contribution in [2.24, 2.45) is 5.92 Å². The molecule has 1 saturated carbocycles. The molecule has 0 aliphatic heterocycles. The average molecular weight is 270 g/mol. The SMILES string of the molecule is COCC(Nc1cccc(Br)c1)C1CC1. The number of halogens is 1. The molecule has 1 fully saturated rings. The van der Waals surface area contributed by atoms with Gasteiger partial charge in [0.2, 0.25) is 0 Å². The van der Waals surface area contributed by atoms with Crippen molar-refractivity contribution in [2.45, 2.75) is 18.9 Å². The minimum absolute atomic E-state index is 0.462. The Kier molecular flexibility index (Phi) is 3.65. The van der Waals surface area contributed by atoms with Crippen LogP contribution in [-0.2, 0) is 4.74 Å². The number of benzene rings is 1. The van der Waals surface area contributed by atoms with Gasteiger partial charge in [-0.1, -0.05) is 22.0 Å². The number of methoxy groups -OCH3 is 1. The molecule has 1 N–H and O–H groups in total. The van der Waals surface area contributed by atoms with E-state index in [1.165, 1.54) is 18.5 Å². The minimum Gasteiger partial charge on any atom is -0.383 e. The third-order valence-electron chi connectivity index (χ3n) is 2.71. The van der Waals surface area contributed by atoms with Gasteiger partial charge in [-0.15, -0.1) is 0 Å². The van der Waals surface area contributed by atoms with E-state index in [0.717, 1.165) is 17.0 Å². The number of nitrogens with one attached hydrogen (secondary N) is 1. The molecule has 3 heteroatoms. The summed E-state index contributed by atoms with van der Waals surface area (Å²) in [4.78, 5) is 0. The zero-order valence-electron chi connectivity index (χ0n) is 8.87. The van der Waals surface area contributed by atoms with Gasteiger partial charge in [0, 0.05) is 17.3 Å². The van der Waals surface area contributed by atoms with E-state index in [9.17, 15) is 0 Å². The van der Waals surface area contributed by atoms with Crippen LogP contribution in [0.25, 0.3) is 0 Å². The van der Waals surface area contributed by atoms with E-state index in [0.29, 0.717) is 6.04 Å². The number of anilines is 1. The Labute approximate surface area is 99.1 Å². The second-order valence-corrected chi connectivity index (χ2v) is 4.97. The first kappa shape index (κ1) is 11.0. The number of ether oxygens (including phenoxy) is 1. The summed E-state index contributed by atoms with van der Waals surface area (Å²) in [6.45, 7) is 0.789. The van der Waals surface area contributed by atoms with Crippen molar-refractivity contribution in [3.63, 3.8) is 0 Å². The van der Waals surface area contributed by atoms with Gasteiger partial charge in [-0.25, -0.2) is 0 Å². The van der Waals surface area contributed by atoms with Crippen LogP contribution in [0.3, 0.4) is 0 Å². The normalized spacial score (nSPS) is 17.5. The van der Waals surface area contributed by atoms with Gasteiger partial charge in [0.05, 0.1) is 12.6 Å². The van der Waals surface area contributed by atoms with Gasteiger partial charge in [0.1, 0.15) is 0 Å². The molecule has 2 nitrogen and oxygen atoms in total. The van der Waals surface area contributed by atoms with Crippen LogP contribution < -0.4 is 5.32 Å². The van der Waals surface area contributed by atoms with E-state index in [1.54, 1.807) is 7.11 Å². The molecule has 0 amide bonds. The largest absolute Gasteiger partial charge is 0.383 e. The summed E-state index contributed by atoms with van der Waals surface area (Å²) in [5, 5.41) is 3.53. The Morgan fingerprint density at radius 2 is 2.33 bits per heavy atom. The molecule has 0 aromatic heterocycles. The quantitative estimate of drug-likeness (QED) is 0.886. The molecule has 1 aliphatic rings. The van der Waals surface area contributed by atoms with Crippen LogP contribution in [0.1, 0.15) is 12.8 Å². The van der Waals surface area contributed by atoms with Crippen molar-refractivity contribution in [1.82, 2.24) is 0 Å². The van der Waals surface area contributed by atoms with Gasteiger partial charge in [-0.05, 0) is 37.0 Å². The number of hydrogen-bond donors (Lipinski definition) is 1. The summed E-state index contributed by atoms with van der Waals surface area (Å²) in [5.41, 5.74) is 1.17. The molecule has 82 valence electrons. The summed E-state index contributed by atoms with van der Waals surface area (Å²) in [6.07, 6.45) is 2.66. The standard InChI is InChI=1S/C12H16BrNO/c1-15-8-12(9-5-6-9)14-11-4-2-3-10(13)7-11/h2-4,7,9,12,14H,5-6,8H2,1H3. The van der Waals surface area contributed by atoms with Gasteiger partial charge in [-0.3, -0.25) is 0 Å². The first-order valence-electron chi connectivity index (χ1n) is 5.30. The van der Waals surface area contributed by atoms with E-state index < -0.39 is 0 Å². The van der Waals surface area contributed by atoms with Crippen LogP contribution >= 0.6 is 15.9 Å². The fraction of sp³-hybridized carbons (Fsp3) is 0.500. The molecule has 1 atom stereocenters. The van der Waals surface area contributed by atoms with E-state index in [-0.39, 0.29) is 0 Å². The summed E-state index contributed by atoms with van der Waals surface area (Å²) in [5.74, 6) is 0.795. The predicted molar refractivity (Wildman–Crippen MR) is 66.2 cm³/mol. The van der Waals surface area contributed by atoms with E-state index in [1.807, 2.05) is 12.1 Å². The molecule has 0 heterocycles. The summed E-state index contributed by atoms with van der Waals surface area (Å²) < 4.78 is 6.34. The molecular formula is C12H16BrNO. The van der Waals surface area contributed by atoms with Crippen LogP contribution in [0.5, 0.6) is 0 Å². The summed E-state index contributed by atoms with van der Waals surface area (Å²) >= 11 is 3.47. The number of hydrogen-bond acceptors (Lipinski definition) is 2. The highest BCUT2D eigenvalue weighted by atomic mass is 79.9. The molecule has 15 heavy (non-hydrogen) atoms. The summed E-state index contributed by atoms with van der Waals surface area (Å²) in [7, 11) is 1.76. The van der Waals surface area contributed by atoms with Gasteiger partial charge in [0.25, 0.3) is 0 Å². The van der Waals surface area contributed by atoms with Crippen LogP contribution in [0.15, 0.2) is 28.7 Å². The van der Waals surface area contributed by atoms with Gasteiger partial charge in [0.15, 0.2) is 0 Å². The van der Waals surface area contributed by atoms with Gasteiger partial charge in [-0.2, -0.15) is 0 Å². The van der Waals surface area contributed by atoms with Crippen LogP contribution in [-0.4, -0.2) is 19.8 Å². The van der Waals surface area contributed by atoms with E-state index in [4.69, 9.17) is 4.74 Å². The van der Waals surface area contributed by atoms with Gasteiger partial charge < -0.3 is 10.1 Å². The average Bonchev–Trinajstić information content (AvgIpc) is 3.00. The third-order valence-corrected chi connectivity index (χ3v) is 3.21. The maximum atomic E-state index is 5.23. The Morgan fingerprint density at radius 1 is 1.53 bits per heavy atom. The molecular weight excluding hydrogens is 254 g/mol. The monoisotopic (exact) mass is 269 g/mol. The van der Waals surface area contributed by atoms with Crippen molar-refractivity contribution in [2.75, 3.05) is 19.0 Å². The Morgan fingerprint density at radius 3 is 2.93 bits per heavy atom. The lowest BCUT2D eigenvalue weighted by atomic mass is 10.2. The highest BCUT2D eigenvalue weighted by Crippen LogP contribution is 2.34. The molecule has 1 aromatic rings. The van der Waals surface area contributed by atoms with Crippen molar-refractivity contribution < 1.29 is 4.74 Å². The van der Waals surface area contributed by atoms with E-state index >= 15 is 0 Å². The highest BCUT2D eigenvalue weighted by Gasteiger charge is 2.30. The van der Waals surface area contributed by atoms with Crippen LogP contribution in [0.4, 0.5) is 5.69 Å². The first-order chi connectivity index (χ1) is 7.29. The molecule has 1 unspecified atom stereocenters. The lowest BCUT2D eigenvalue weighted by Gasteiger charge is -2.18. The molecule has 0 bridgehead atoms.